The predicted octanol–water partition coefficient (Wildman–Crippen LogP) is 0.151. The Kier molecular flexibility index (Phi) is 6.88. The van der Waals surface area contributed by atoms with Crippen molar-refractivity contribution in [2.24, 2.45) is 0 Å². The van der Waals surface area contributed by atoms with Crippen molar-refractivity contribution in [2.45, 2.75) is 0 Å². The molecule has 0 radical (unpaired) electrons. The van der Waals surface area contributed by atoms with Crippen LogP contribution in [-0.4, -0.2) is 13.6 Å². The average molecular weight is 258 g/mol. The van der Waals surface area contributed by atoms with Crippen LogP contribution in [0.15, 0.2) is 36.3 Å². The molecule has 0 atom stereocenters. The van der Waals surface area contributed by atoms with Crippen molar-refractivity contribution < 1.29 is 73.5 Å². The first-order valence-corrected chi connectivity index (χ1v) is 4.16. The molecule has 1 nitrogen and oxygen atoms in total. The van der Waals surface area contributed by atoms with Crippen molar-refractivity contribution in [3.8, 4) is 5.75 Å². The molecule has 7 heteroatoms. The van der Waals surface area contributed by atoms with Crippen LogP contribution in [0.5, 0.6) is 5.75 Å². The summed E-state index contributed by atoms with van der Waals surface area (Å²) < 4.78 is 53.7. The monoisotopic (exact) mass is 258 g/mol. The van der Waals surface area contributed by atoms with Gasteiger partial charge in [0.15, 0.2) is 11.6 Å². The molecule has 0 aliphatic heterocycles. The van der Waals surface area contributed by atoms with Gasteiger partial charge in [0.25, 0.3) is 0 Å². The maximum atomic E-state index is 12.9. The van der Waals surface area contributed by atoms with Crippen LogP contribution >= 0.6 is 0 Å². The van der Waals surface area contributed by atoms with Crippen LogP contribution in [0.2, 0.25) is 0 Å². The fourth-order valence-electron chi connectivity index (χ4n) is 0.827. The molecule has 0 N–H and O–H groups in total. The quantitative estimate of drug-likeness (QED) is 0.552. The molecule has 0 aliphatic carbocycles. The van der Waals surface area contributed by atoms with Gasteiger partial charge in [0.05, 0.1) is 6.61 Å². The standard InChI is InChI=1S/C9H8BF4O.K/c1-7(10(12,13)14)6-15-9-5-3-2-4-8(9)11;/h2-5H,1,6H2;/q-1;+1. The van der Waals surface area contributed by atoms with Crippen LogP contribution in [-0.2, 0) is 0 Å². The molecule has 0 bridgehead atoms. The summed E-state index contributed by atoms with van der Waals surface area (Å²) in [5.74, 6) is -0.904. The van der Waals surface area contributed by atoms with Gasteiger partial charge in [0, 0.05) is 0 Å². The van der Waals surface area contributed by atoms with Crippen molar-refractivity contribution in [1.29, 1.82) is 0 Å². The Balaban J connectivity index is 0.00000225. The van der Waals surface area contributed by atoms with E-state index in [4.69, 9.17) is 0 Å². The smallest absolute Gasteiger partial charge is 0.489 e. The molecule has 0 saturated heterocycles. The maximum absolute atomic E-state index is 12.9. The van der Waals surface area contributed by atoms with E-state index >= 15 is 0 Å². The zero-order valence-electron chi connectivity index (χ0n) is 8.72. The molecule has 1 rings (SSSR count). The van der Waals surface area contributed by atoms with E-state index in [0.29, 0.717) is 0 Å². The number of para-hydroxylation sites is 1. The second-order valence-electron chi connectivity index (χ2n) is 2.95. The minimum Gasteiger partial charge on any atom is -0.489 e. The largest absolute Gasteiger partial charge is 1.00 e. The summed E-state index contributed by atoms with van der Waals surface area (Å²) in [6, 6.07) is 5.26. The summed E-state index contributed by atoms with van der Waals surface area (Å²) in [6.45, 7) is -3.04. The number of ether oxygens (including phenoxy) is 1. The van der Waals surface area contributed by atoms with Crippen LogP contribution in [0.1, 0.15) is 0 Å². The molecule has 0 unspecified atom stereocenters. The summed E-state index contributed by atoms with van der Waals surface area (Å²) in [5, 5.41) is 0. The molecule has 0 amide bonds. The molecule has 0 heterocycles. The van der Waals surface area contributed by atoms with Gasteiger partial charge < -0.3 is 17.7 Å². The normalized spacial score (nSPS) is 10.5. The average Bonchev–Trinajstić information content (AvgIpc) is 2.14. The minimum absolute atomic E-state index is 0. The molecule has 0 aliphatic rings. The number of halogens is 4. The molecule has 1 aromatic carbocycles. The Morgan fingerprint density at radius 3 is 2.31 bits per heavy atom. The van der Waals surface area contributed by atoms with Gasteiger partial charge in [-0.25, -0.2) is 4.39 Å². The van der Waals surface area contributed by atoms with Gasteiger partial charge in [-0.05, 0) is 12.1 Å². The van der Waals surface area contributed by atoms with Gasteiger partial charge in [-0.2, -0.15) is 0 Å². The molecule has 0 aromatic heterocycles. The minimum atomic E-state index is -5.12. The van der Waals surface area contributed by atoms with Gasteiger partial charge in [-0.3, -0.25) is 0 Å². The van der Waals surface area contributed by atoms with Crippen LogP contribution in [0.25, 0.3) is 0 Å². The predicted molar refractivity (Wildman–Crippen MR) is 50.1 cm³/mol. The van der Waals surface area contributed by atoms with E-state index in [1.54, 1.807) is 0 Å². The van der Waals surface area contributed by atoms with Gasteiger partial charge in [-0.15, -0.1) is 12.1 Å². The second kappa shape index (κ2) is 6.81. The SMILES string of the molecule is C=C(COc1ccccc1F)[B-](F)(F)F.[K+]. The van der Waals surface area contributed by atoms with Crippen molar-refractivity contribution >= 4 is 6.98 Å². The first-order valence-electron chi connectivity index (χ1n) is 4.16. The van der Waals surface area contributed by atoms with E-state index < -0.39 is 24.9 Å². The summed E-state index contributed by atoms with van der Waals surface area (Å²) in [7, 11) is 0. The molecule has 0 saturated carbocycles. The van der Waals surface area contributed by atoms with E-state index in [1.807, 2.05) is 0 Å². The zero-order valence-corrected chi connectivity index (χ0v) is 11.8. The second-order valence-corrected chi connectivity index (χ2v) is 2.95. The number of hydrogen-bond donors (Lipinski definition) is 0. The van der Waals surface area contributed by atoms with Crippen LogP contribution in [0, 0.1) is 5.82 Å². The molecule has 0 fully saturated rings. The van der Waals surface area contributed by atoms with Crippen LogP contribution in [0.3, 0.4) is 0 Å². The number of hydrogen-bond acceptors (Lipinski definition) is 1. The molecular formula is C9H8BF4KO. The van der Waals surface area contributed by atoms with E-state index in [0.717, 1.165) is 6.07 Å². The zero-order chi connectivity index (χ0) is 11.5. The van der Waals surface area contributed by atoms with Crippen molar-refractivity contribution in [1.82, 2.24) is 0 Å². The van der Waals surface area contributed by atoms with Gasteiger partial charge in [0.2, 0.25) is 0 Å². The first-order chi connectivity index (χ1) is 6.91. The van der Waals surface area contributed by atoms with Crippen molar-refractivity contribution in [3.63, 3.8) is 0 Å². The third kappa shape index (κ3) is 5.01. The molecule has 1 aromatic rings. The third-order valence-electron chi connectivity index (χ3n) is 1.71. The fourth-order valence-corrected chi connectivity index (χ4v) is 0.827. The molecule has 0 spiro atoms. The van der Waals surface area contributed by atoms with Gasteiger partial charge in [0.1, 0.15) is 0 Å². The third-order valence-corrected chi connectivity index (χ3v) is 1.71. The summed E-state index contributed by atoms with van der Waals surface area (Å²) >= 11 is 0. The molecule has 82 valence electrons. The van der Waals surface area contributed by atoms with Crippen LogP contribution < -0.4 is 56.1 Å². The number of benzene rings is 1. The van der Waals surface area contributed by atoms with Gasteiger partial charge in [-0.1, -0.05) is 12.1 Å². The van der Waals surface area contributed by atoms with E-state index in [1.165, 1.54) is 18.2 Å². The topological polar surface area (TPSA) is 9.23 Å². The summed E-state index contributed by atoms with van der Waals surface area (Å²) in [4.78, 5) is 0. The van der Waals surface area contributed by atoms with E-state index in [9.17, 15) is 17.3 Å². The van der Waals surface area contributed by atoms with E-state index in [2.05, 4.69) is 11.3 Å². The fraction of sp³-hybridized carbons (Fsp3) is 0.111. The summed E-state index contributed by atoms with van der Waals surface area (Å²) in [6.07, 6.45) is 0. The van der Waals surface area contributed by atoms with Crippen molar-refractivity contribution in [2.75, 3.05) is 6.61 Å². The van der Waals surface area contributed by atoms with Gasteiger partial charge >= 0.3 is 58.4 Å². The summed E-state index contributed by atoms with van der Waals surface area (Å²) in [5.41, 5.74) is -0.988. The molecular weight excluding hydrogens is 250 g/mol. The van der Waals surface area contributed by atoms with Crippen LogP contribution in [0.4, 0.5) is 17.3 Å². The Bertz CT molecular complexity index is 367. The Morgan fingerprint density at radius 1 is 1.25 bits per heavy atom. The first kappa shape index (κ1) is 16.2. The van der Waals surface area contributed by atoms with Crippen molar-refractivity contribution in [3.05, 3.63) is 42.1 Å². The van der Waals surface area contributed by atoms with E-state index in [-0.39, 0.29) is 57.1 Å². The Hall–Kier alpha value is 0.181. The number of rotatable bonds is 4. The Labute approximate surface area is 133 Å². The Morgan fingerprint density at radius 2 is 1.81 bits per heavy atom. The molecule has 16 heavy (non-hydrogen) atoms. The maximum Gasteiger partial charge on any atom is 1.00 e.